The number of β-amino-alcohol motifs (C(OH)–C–C–N with tert-alkyl or cyclic N) is 1. The van der Waals surface area contributed by atoms with E-state index in [2.05, 4.69) is 26.7 Å². The Balaban J connectivity index is 1.20. The number of fused-ring (bicyclic) bond motifs is 1. The van der Waals surface area contributed by atoms with Gasteiger partial charge in [-0.1, -0.05) is 42.3 Å². The first-order valence-corrected chi connectivity index (χ1v) is 14.8. The first kappa shape index (κ1) is 28.5. The van der Waals surface area contributed by atoms with Gasteiger partial charge in [0.25, 0.3) is 0 Å². The van der Waals surface area contributed by atoms with Gasteiger partial charge in [-0.15, -0.1) is 0 Å². The van der Waals surface area contributed by atoms with Gasteiger partial charge >= 0.3 is 0 Å². The maximum atomic E-state index is 12.8. The third-order valence-corrected chi connectivity index (χ3v) is 8.11. The average molecular weight is 577 g/mol. The third-order valence-electron chi connectivity index (χ3n) is 8.11. The van der Waals surface area contributed by atoms with Gasteiger partial charge in [0.05, 0.1) is 11.5 Å². The number of hydrogen-bond acceptors (Lipinski definition) is 7. The maximum absolute atomic E-state index is 12.8. The van der Waals surface area contributed by atoms with Crippen LogP contribution in [-0.4, -0.2) is 74.2 Å². The number of aromatic nitrogens is 3. The van der Waals surface area contributed by atoms with Crippen molar-refractivity contribution in [2.45, 2.75) is 25.4 Å². The van der Waals surface area contributed by atoms with Gasteiger partial charge in [0, 0.05) is 57.3 Å². The highest BCUT2D eigenvalue weighted by atomic mass is 16.5. The van der Waals surface area contributed by atoms with E-state index in [4.69, 9.17) is 10.5 Å². The fraction of sp³-hybridized carbons (Fsp3) is 0.324. The molecule has 0 saturated carbocycles. The summed E-state index contributed by atoms with van der Waals surface area (Å²) in [7, 11) is 1.95. The standard InChI is InChI=1S/C34H36N6O3/c1-38-29(16-11-24-7-5-19-40(20-17-24)30(42)10-6-18-39-21-26(41)22-39)31(32-33(35)36-23-37-34(32)38)25-12-14-28(15-13-25)43-27-8-3-2-4-9-27/h2-4,6,8-10,12-15,23-24,26,41H,5,7,17-22H2,1H3,(H2,35,36,37)/b10-6+. The largest absolute Gasteiger partial charge is 0.457 e. The minimum Gasteiger partial charge on any atom is -0.457 e. The highest BCUT2D eigenvalue weighted by Gasteiger charge is 2.24. The number of nitrogen functional groups attached to an aromatic ring is 1. The summed E-state index contributed by atoms with van der Waals surface area (Å²) in [5.74, 6) is 9.12. The van der Waals surface area contributed by atoms with Crippen LogP contribution in [0.25, 0.3) is 22.2 Å². The van der Waals surface area contributed by atoms with Gasteiger partial charge in [-0.2, -0.15) is 0 Å². The zero-order valence-electron chi connectivity index (χ0n) is 24.3. The zero-order valence-corrected chi connectivity index (χ0v) is 24.3. The van der Waals surface area contributed by atoms with E-state index in [1.54, 1.807) is 6.08 Å². The fourth-order valence-electron chi connectivity index (χ4n) is 5.75. The van der Waals surface area contributed by atoms with E-state index in [0.29, 0.717) is 32.0 Å². The summed E-state index contributed by atoms with van der Waals surface area (Å²) in [6.45, 7) is 3.44. The van der Waals surface area contributed by atoms with E-state index in [1.807, 2.05) is 77.2 Å². The van der Waals surface area contributed by atoms with Crippen LogP contribution in [0.1, 0.15) is 25.0 Å². The third kappa shape index (κ3) is 6.41. The molecule has 1 amide bonds. The Bertz CT molecular complexity index is 1680. The minimum atomic E-state index is -0.233. The molecular weight excluding hydrogens is 540 g/mol. The monoisotopic (exact) mass is 576 g/mol. The van der Waals surface area contributed by atoms with E-state index in [-0.39, 0.29) is 17.9 Å². The lowest BCUT2D eigenvalue weighted by Gasteiger charge is -2.34. The van der Waals surface area contributed by atoms with Crippen molar-refractivity contribution < 1.29 is 14.6 Å². The van der Waals surface area contributed by atoms with Gasteiger partial charge in [-0.25, -0.2) is 9.97 Å². The number of carbonyl (C=O) groups excluding carboxylic acids is 1. The van der Waals surface area contributed by atoms with Crippen molar-refractivity contribution in [2.24, 2.45) is 13.0 Å². The number of para-hydroxylation sites is 1. The number of amides is 1. The molecule has 220 valence electrons. The molecule has 0 aliphatic carbocycles. The second-order valence-corrected chi connectivity index (χ2v) is 11.2. The molecule has 9 heteroatoms. The summed E-state index contributed by atoms with van der Waals surface area (Å²) in [4.78, 5) is 25.6. The number of aliphatic hydroxyl groups is 1. The fourth-order valence-corrected chi connectivity index (χ4v) is 5.75. The Morgan fingerprint density at radius 1 is 1.07 bits per heavy atom. The van der Waals surface area contributed by atoms with E-state index < -0.39 is 0 Å². The Kier molecular flexibility index (Phi) is 8.40. The maximum Gasteiger partial charge on any atom is 0.246 e. The van der Waals surface area contributed by atoms with Gasteiger partial charge in [0.15, 0.2) is 0 Å². The molecule has 9 nitrogen and oxygen atoms in total. The Labute approximate surface area is 251 Å². The van der Waals surface area contributed by atoms with Crippen molar-refractivity contribution in [3.8, 4) is 34.5 Å². The van der Waals surface area contributed by atoms with Gasteiger partial charge in [0.2, 0.25) is 5.91 Å². The van der Waals surface area contributed by atoms with E-state index in [1.165, 1.54) is 6.33 Å². The molecule has 6 rings (SSSR count). The lowest BCUT2D eigenvalue weighted by molar-refractivity contribution is -0.126. The van der Waals surface area contributed by atoms with Crippen molar-refractivity contribution in [3.05, 3.63) is 78.8 Å². The number of rotatable bonds is 6. The number of ether oxygens (including phenoxy) is 1. The number of benzene rings is 2. The highest BCUT2D eigenvalue weighted by molar-refractivity contribution is 6.03. The smallest absolute Gasteiger partial charge is 0.246 e. The van der Waals surface area contributed by atoms with Crippen LogP contribution < -0.4 is 10.5 Å². The second kappa shape index (κ2) is 12.7. The van der Waals surface area contributed by atoms with Crippen LogP contribution in [0.3, 0.4) is 0 Å². The van der Waals surface area contributed by atoms with Gasteiger partial charge in [-0.05, 0) is 55.0 Å². The molecular formula is C34H36N6O3. The summed E-state index contributed by atoms with van der Waals surface area (Å²) in [6, 6.07) is 17.6. The number of nitrogens with two attached hydrogens (primary N) is 1. The quantitative estimate of drug-likeness (QED) is 0.261. The lowest BCUT2D eigenvalue weighted by Crippen LogP contribution is -2.50. The molecule has 2 saturated heterocycles. The van der Waals surface area contributed by atoms with Crippen LogP contribution in [0.2, 0.25) is 0 Å². The summed E-state index contributed by atoms with van der Waals surface area (Å²) in [5, 5.41) is 10.2. The Morgan fingerprint density at radius 3 is 2.60 bits per heavy atom. The van der Waals surface area contributed by atoms with Crippen LogP contribution in [0.4, 0.5) is 5.82 Å². The van der Waals surface area contributed by atoms with Crippen molar-refractivity contribution in [1.29, 1.82) is 0 Å². The van der Waals surface area contributed by atoms with Crippen LogP contribution in [-0.2, 0) is 11.8 Å². The van der Waals surface area contributed by atoms with Crippen molar-refractivity contribution in [1.82, 2.24) is 24.3 Å². The molecule has 4 heterocycles. The van der Waals surface area contributed by atoms with Crippen molar-refractivity contribution >= 4 is 22.8 Å². The number of aliphatic hydroxyl groups excluding tert-OH is 1. The molecule has 3 N–H and O–H groups in total. The van der Waals surface area contributed by atoms with Crippen molar-refractivity contribution in [3.63, 3.8) is 0 Å². The molecule has 2 aromatic carbocycles. The SMILES string of the molecule is Cn1c(C#CC2CCCN(C(=O)/C=C/CN3CC(O)C3)CC2)c(-c2ccc(Oc3ccccc3)cc2)c2c(N)ncnc21. The molecule has 2 aliphatic heterocycles. The molecule has 2 fully saturated rings. The summed E-state index contributed by atoms with van der Waals surface area (Å²) in [6.07, 6.45) is 7.46. The summed E-state index contributed by atoms with van der Waals surface area (Å²) in [5.41, 5.74) is 9.80. The number of carbonyl (C=O) groups is 1. The van der Waals surface area contributed by atoms with Crippen LogP contribution >= 0.6 is 0 Å². The van der Waals surface area contributed by atoms with Gasteiger partial charge < -0.3 is 25.0 Å². The number of nitrogens with zero attached hydrogens (tertiary/aromatic N) is 5. The molecule has 2 aliphatic rings. The average Bonchev–Trinajstić information content (AvgIpc) is 3.12. The van der Waals surface area contributed by atoms with Gasteiger partial charge in [0.1, 0.15) is 35.0 Å². The molecule has 0 bridgehead atoms. The molecule has 0 spiro atoms. The molecule has 2 aromatic heterocycles. The van der Waals surface area contributed by atoms with E-state index in [0.717, 1.165) is 65.2 Å². The molecule has 43 heavy (non-hydrogen) atoms. The van der Waals surface area contributed by atoms with E-state index in [9.17, 15) is 9.90 Å². The highest BCUT2D eigenvalue weighted by Crippen LogP contribution is 2.37. The summed E-state index contributed by atoms with van der Waals surface area (Å²) < 4.78 is 7.98. The number of hydrogen-bond donors (Lipinski definition) is 2. The molecule has 1 atom stereocenters. The first-order valence-electron chi connectivity index (χ1n) is 14.8. The summed E-state index contributed by atoms with van der Waals surface area (Å²) >= 11 is 0. The molecule has 4 aromatic rings. The minimum absolute atomic E-state index is 0.0411. The van der Waals surface area contributed by atoms with Crippen molar-refractivity contribution in [2.75, 3.05) is 38.5 Å². The first-order chi connectivity index (χ1) is 21.0. The lowest BCUT2D eigenvalue weighted by atomic mass is 9.99. The normalized spacial score (nSPS) is 17.8. The predicted octanol–water partition coefficient (Wildman–Crippen LogP) is 4.22. The Morgan fingerprint density at radius 2 is 1.84 bits per heavy atom. The number of likely N-dealkylation sites (tertiary alicyclic amines) is 2. The van der Waals surface area contributed by atoms with Gasteiger partial charge in [-0.3, -0.25) is 9.69 Å². The zero-order chi connectivity index (χ0) is 29.8. The predicted molar refractivity (Wildman–Crippen MR) is 167 cm³/mol. The van der Waals surface area contributed by atoms with Crippen LogP contribution in [0, 0.1) is 17.8 Å². The van der Waals surface area contributed by atoms with Crippen LogP contribution in [0.15, 0.2) is 73.1 Å². The van der Waals surface area contributed by atoms with Crippen LogP contribution in [0.5, 0.6) is 11.5 Å². The Hall–Kier alpha value is -4.65. The second-order valence-electron chi connectivity index (χ2n) is 11.2. The topological polar surface area (TPSA) is 110 Å². The van der Waals surface area contributed by atoms with E-state index >= 15 is 0 Å². The molecule has 0 radical (unpaired) electrons. The number of aryl methyl sites for hydroxylation is 1. The molecule has 1 unspecified atom stereocenters. The number of anilines is 1.